The molecule has 3 aromatic rings. The highest BCUT2D eigenvalue weighted by atomic mass is 19.1. The summed E-state index contributed by atoms with van der Waals surface area (Å²) in [5, 5.41) is 13.5. The van der Waals surface area contributed by atoms with Crippen LogP contribution in [0, 0.1) is 0 Å². The van der Waals surface area contributed by atoms with Crippen molar-refractivity contribution in [3.05, 3.63) is 71.8 Å². The highest BCUT2D eigenvalue weighted by Gasteiger charge is 2.37. The van der Waals surface area contributed by atoms with Crippen LogP contribution in [0.4, 0.5) is 4.39 Å². The summed E-state index contributed by atoms with van der Waals surface area (Å²) in [4.78, 5) is 50.3. The number of hydrogen-bond acceptors (Lipinski definition) is 4. The Morgan fingerprint density at radius 3 is 2.51 bits per heavy atom. The van der Waals surface area contributed by atoms with Gasteiger partial charge in [0.1, 0.15) is 18.8 Å². The molecule has 0 spiro atoms. The van der Waals surface area contributed by atoms with Crippen molar-refractivity contribution in [3.63, 3.8) is 0 Å². The number of carbonyl (C=O) groups excluding carboxylic acids is 3. The summed E-state index contributed by atoms with van der Waals surface area (Å²) in [7, 11) is 0. The van der Waals surface area contributed by atoms with Crippen LogP contribution < -0.4 is 5.32 Å². The Morgan fingerprint density at radius 1 is 1.06 bits per heavy atom. The van der Waals surface area contributed by atoms with E-state index in [9.17, 15) is 23.6 Å². The largest absolute Gasteiger partial charge is 0.481 e. The van der Waals surface area contributed by atoms with Crippen molar-refractivity contribution in [1.82, 2.24) is 10.2 Å². The van der Waals surface area contributed by atoms with E-state index in [1.807, 2.05) is 54.6 Å². The lowest BCUT2D eigenvalue weighted by molar-refractivity contribution is -0.140. The van der Waals surface area contributed by atoms with Gasteiger partial charge < -0.3 is 15.3 Å². The van der Waals surface area contributed by atoms with Gasteiger partial charge in [-0.05, 0) is 46.0 Å². The number of hydrogen-bond donors (Lipinski definition) is 2. The van der Waals surface area contributed by atoms with Crippen molar-refractivity contribution >= 4 is 34.3 Å². The second kappa shape index (κ2) is 10.0. The molecular weight excluding hydrogens is 451 g/mol. The Morgan fingerprint density at radius 2 is 1.80 bits per heavy atom. The summed E-state index contributed by atoms with van der Waals surface area (Å²) in [6.07, 6.45) is -0.487. The second-order valence-electron chi connectivity index (χ2n) is 8.51. The van der Waals surface area contributed by atoms with E-state index < -0.39 is 42.8 Å². The first kappa shape index (κ1) is 24.1. The number of halogens is 1. The molecule has 1 heterocycles. The lowest BCUT2D eigenvalue weighted by Crippen LogP contribution is -2.52. The van der Waals surface area contributed by atoms with Gasteiger partial charge >= 0.3 is 5.97 Å². The van der Waals surface area contributed by atoms with Crippen LogP contribution in [-0.4, -0.2) is 52.3 Å². The molecule has 2 amide bonds. The van der Waals surface area contributed by atoms with Gasteiger partial charge in [-0.25, -0.2) is 4.39 Å². The van der Waals surface area contributed by atoms with Gasteiger partial charge in [-0.1, -0.05) is 55.5 Å². The molecule has 35 heavy (non-hydrogen) atoms. The van der Waals surface area contributed by atoms with Crippen LogP contribution >= 0.6 is 0 Å². The minimum atomic E-state index is -1.49. The van der Waals surface area contributed by atoms with Crippen molar-refractivity contribution in [1.29, 1.82) is 0 Å². The maximum atomic E-state index is 13.1. The Kier molecular flexibility index (Phi) is 6.91. The molecule has 0 saturated heterocycles. The summed E-state index contributed by atoms with van der Waals surface area (Å²) in [5.41, 5.74) is 3.24. The van der Waals surface area contributed by atoms with Gasteiger partial charge in [0.05, 0.1) is 6.42 Å². The molecule has 1 aliphatic rings. The highest BCUT2D eigenvalue weighted by Crippen LogP contribution is 2.33. The molecule has 0 saturated carbocycles. The van der Waals surface area contributed by atoms with Crippen molar-refractivity contribution in [2.45, 2.75) is 38.4 Å². The average molecular weight is 477 g/mol. The predicted octanol–water partition coefficient (Wildman–Crippen LogP) is 3.74. The number of carboxylic acids is 1. The molecule has 3 aromatic carbocycles. The van der Waals surface area contributed by atoms with Gasteiger partial charge in [-0.15, -0.1) is 0 Å². The minimum absolute atomic E-state index is 0.194. The van der Waals surface area contributed by atoms with Crippen LogP contribution in [0.1, 0.15) is 35.7 Å². The fourth-order valence-corrected chi connectivity index (χ4v) is 4.57. The number of ketones is 1. The van der Waals surface area contributed by atoms with Gasteiger partial charge in [0, 0.05) is 12.1 Å². The molecule has 2 unspecified atom stereocenters. The molecule has 0 aromatic heterocycles. The maximum absolute atomic E-state index is 13.1. The van der Waals surface area contributed by atoms with Crippen LogP contribution in [0.5, 0.6) is 0 Å². The van der Waals surface area contributed by atoms with Gasteiger partial charge in [-0.2, -0.15) is 0 Å². The number of carboxylic acid groups (broad SMARTS) is 1. The van der Waals surface area contributed by atoms with E-state index >= 15 is 0 Å². The summed E-state index contributed by atoms with van der Waals surface area (Å²) in [6.45, 7) is 0.518. The van der Waals surface area contributed by atoms with Crippen molar-refractivity contribution in [3.8, 4) is 11.1 Å². The lowest BCUT2D eigenvalue weighted by atomic mass is 9.96. The molecule has 0 bridgehead atoms. The molecule has 8 heteroatoms. The molecule has 2 N–H and O–H groups in total. The Balaban J connectivity index is 1.59. The van der Waals surface area contributed by atoms with E-state index in [4.69, 9.17) is 5.11 Å². The number of fused-ring (bicyclic) bond motifs is 2. The van der Waals surface area contributed by atoms with Crippen molar-refractivity contribution < 1.29 is 28.7 Å². The fraction of sp³-hybridized carbons (Fsp3) is 0.259. The van der Waals surface area contributed by atoms with E-state index in [0.717, 1.165) is 27.5 Å². The summed E-state index contributed by atoms with van der Waals surface area (Å²) < 4.78 is 12.9. The Labute approximate surface area is 201 Å². The molecule has 0 fully saturated rings. The zero-order valence-electron chi connectivity index (χ0n) is 19.2. The van der Waals surface area contributed by atoms with E-state index in [2.05, 4.69) is 5.32 Å². The molecule has 1 aliphatic heterocycles. The third-order valence-corrected chi connectivity index (χ3v) is 6.32. The van der Waals surface area contributed by atoms with Crippen LogP contribution in [0.2, 0.25) is 0 Å². The first-order valence-electron chi connectivity index (χ1n) is 11.4. The zero-order valence-corrected chi connectivity index (χ0v) is 19.2. The third-order valence-electron chi connectivity index (χ3n) is 6.32. The van der Waals surface area contributed by atoms with E-state index in [1.54, 1.807) is 13.0 Å². The number of nitrogens with one attached hydrogen (secondary N) is 1. The SMILES string of the molecule is CCC(C(=O)NC(CC(=O)O)C(=O)CF)N1Cc2cc(-c3cccc4ccccc34)ccc2C1=O. The molecule has 2 atom stereocenters. The minimum Gasteiger partial charge on any atom is -0.481 e. The summed E-state index contributed by atoms with van der Waals surface area (Å²) in [6, 6.07) is 17.2. The fourth-order valence-electron chi connectivity index (χ4n) is 4.57. The normalized spacial score (nSPS) is 14.5. The molecule has 4 rings (SSSR count). The first-order chi connectivity index (χ1) is 16.8. The standard InChI is InChI=1S/C27H25FN2O5/c1-2-23(26(34)29-22(13-25(32)33)24(31)14-28)30-15-18-12-17(10-11-21(18)27(30)35)20-9-5-7-16-6-3-4-8-19(16)20/h3-12,22-23H,2,13-15H2,1H3,(H,29,34)(H,32,33). The first-order valence-corrected chi connectivity index (χ1v) is 11.4. The summed E-state index contributed by atoms with van der Waals surface area (Å²) in [5.74, 6) is -3.36. The second-order valence-corrected chi connectivity index (χ2v) is 8.51. The van der Waals surface area contributed by atoms with Gasteiger partial charge in [0.25, 0.3) is 5.91 Å². The van der Waals surface area contributed by atoms with Crippen LogP contribution in [0.3, 0.4) is 0 Å². The number of alkyl halides is 1. The van der Waals surface area contributed by atoms with Crippen LogP contribution in [0.25, 0.3) is 21.9 Å². The number of amides is 2. The number of carbonyl (C=O) groups is 4. The number of rotatable bonds is 9. The lowest BCUT2D eigenvalue weighted by Gasteiger charge is -2.27. The number of benzene rings is 3. The number of aliphatic carboxylic acids is 1. The topological polar surface area (TPSA) is 104 Å². The van der Waals surface area contributed by atoms with Gasteiger partial charge in [0.15, 0.2) is 5.78 Å². The highest BCUT2D eigenvalue weighted by molar-refractivity contribution is 6.03. The van der Waals surface area contributed by atoms with Crippen molar-refractivity contribution in [2.75, 3.05) is 6.67 Å². The van der Waals surface area contributed by atoms with Crippen LogP contribution in [0.15, 0.2) is 60.7 Å². The predicted molar refractivity (Wildman–Crippen MR) is 129 cm³/mol. The molecule has 7 nitrogen and oxygen atoms in total. The molecular formula is C27H25FN2O5. The van der Waals surface area contributed by atoms with Gasteiger partial charge in [0.2, 0.25) is 5.91 Å². The van der Waals surface area contributed by atoms with E-state index in [1.165, 1.54) is 4.90 Å². The van der Waals surface area contributed by atoms with E-state index in [-0.39, 0.29) is 18.9 Å². The van der Waals surface area contributed by atoms with Crippen LogP contribution in [-0.2, 0) is 20.9 Å². The zero-order chi connectivity index (χ0) is 25.1. The van der Waals surface area contributed by atoms with Gasteiger partial charge in [-0.3, -0.25) is 19.2 Å². The third kappa shape index (κ3) is 4.77. The van der Waals surface area contributed by atoms with E-state index in [0.29, 0.717) is 5.56 Å². The quantitative estimate of drug-likeness (QED) is 0.490. The summed E-state index contributed by atoms with van der Waals surface area (Å²) >= 11 is 0. The maximum Gasteiger partial charge on any atom is 0.305 e. The number of nitrogens with zero attached hydrogens (tertiary/aromatic N) is 1. The molecule has 0 radical (unpaired) electrons. The smallest absolute Gasteiger partial charge is 0.305 e. The Hall–Kier alpha value is -4.07. The monoisotopic (exact) mass is 476 g/mol. The Bertz CT molecular complexity index is 1320. The average Bonchev–Trinajstić information content (AvgIpc) is 3.18. The molecule has 180 valence electrons. The van der Waals surface area contributed by atoms with Crippen molar-refractivity contribution in [2.24, 2.45) is 0 Å². The molecule has 0 aliphatic carbocycles. The number of Topliss-reactive ketones (excluding diaryl/α,β-unsaturated/α-hetero) is 1.